The molecule has 5 nitrogen and oxygen atoms in total. The van der Waals surface area contributed by atoms with Crippen LogP contribution in [0.5, 0.6) is 0 Å². The third-order valence-corrected chi connectivity index (χ3v) is 2.20. The van der Waals surface area contributed by atoms with Crippen LogP contribution in [0, 0.1) is 0 Å². The number of amides is 1. The van der Waals surface area contributed by atoms with Gasteiger partial charge in [0, 0.05) is 0 Å². The molecule has 0 bridgehead atoms. The molecule has 0 aliphatic heterocycles. The first kappa shape index (κ1) is 12.5. The summed E-state index contributed by atoms with van der Waals surface area (Å²) in [5, 5.41) is 11.4. The number of carbonyl (C=O) groups excluding carboxylic acids is 1. The first-order valence-electron chi connectivity index (χ1n) is 4.51. The number of benzene rings is 1. The lowest BCUT2D eigenvalue weighted by Gasteiger charge is -2.09. The molecule has 1 amide bonds. The van der Waals surface area contributed by atoms with Crippen LogP contribution in [0.2, 0.25) is 5.02 Å². The summed E-state index contributed by atoms with van der Waals surface area (Å²) in [6.07, 6.45) is 0. The van der Waals surface area contributed by atoms with Gasteiger partial charge in [-0.15, -0.1) is 0 Å². The first-order valence-corrected chi connectivity index (χ1v) is 4.89. The van der Waals surface area contributed by atoms with Gasteiger partial charge >= 0.3 is 5.97 Å². The average molecular weight is 243 g/mol. The van der Waals surface area contributed by atoms with Gasteiger partial charge in [-0.3, -0.25) is 4.79 Å². The molecular weight excluding hydrogens is 232 g/mol. The van der Waals surface area contributed by atoms with E-state index < -0.39 is 12.0 Å². The predicted molar refractivity (Wildman–Crippen MR) is 60.7 cm³/mol. The summed E-state index contributed by atoms with van der Waals surface area (Å²) in [5.41, 5.74) is 5.76. The van der Waals surface area contributed by atoms with Crippen molar-refractivity contribution in [2.24, 2.45) is 5.73 Å². The highest BCUT2D eigenvalue weighted by Crippen LogP contribution is 2.23. The largest absolute Gasteiger partial charge is 0.478 e. The third kappa shape index (κ3) is 2.95. The van der Waals surface area contributed by atoms with Gasteiger partial charge in [0.2, 0.25) is 5.91 Å². The molecule has 0 unspecified atom stereocenters. The summed E-state index contributed by atoms with van der Waals surface area (Å²) in [6.45, 7) is 1.54. The van der Waals surface area contributed by atoms with E-state index in [2.05, 4.69) is 5.32 Å². The van der Waals surface area contributed by atoms with Gasteiger partial charge in [-0.05, 0) is 25.1 Å². The van der Waals surface area contributed by atoms with Gasteiger partial charge in [0.05, 0.1) is 22.3 Å². The maximum Gasteiger partial charge on any atom is 0.335 e. The maximum atomic E-state index is 11.3. The SMILES string of the molecule is C[C@H](N)C(=O)Nc1ccc(C(=O)O)cc1Cl. The molecule has 0 radical (unpaired) electrons. The standard InChI is InChI=1S/C10H11ClN2O3/c1-5(12)9(14)13-8-3-2-6(10(15)16)4-7(8)11/h2-5H,12H2,1H3,(H,13,14)(H,15,16)/t5-/m0/s1. The highest BCUT2D eigenvalue weighted by molar-refractivity contribution is 6.34. The third-order valence-electron chi connectivity index (χ3n) is 1.89. The molecule has 6 heteroatoms. The average Bonchev–Trinajstić information content (AvgIpc) is 2.20. The number of aromatic carboxylic acids is 1. The molecule has 1 rings (SSSR count). The number of anilines is 1. The molecular formula is C10H11ClN2O3. The Bertz CT molecular complexity index is 432. The van der Waals surface area contributed by atoms with E-state index in [1.165, 1.54) is 25.1 Å². The lowest BCUT2D eigenvalue weighted by atomic mass is 10.2. The van der Waals surface area contributed by atoms with Gasteiger partial charge in [0.25, 0.3) is 0 Å². The van der Waals surface area contributed by atoms with Gasteiger partial charge < -0.3 is 16.2 Å². The van der Waals surface area contributed by atoms with Gasteiger partial charge in [-0.2, -0.15) is 0 Å². The Morgan fingerprint density at radius 1 is 1.50 bits per heavy atom. The van der Waals surface area contributed by atoms with Crippen molar-refractivity contribution in [1.29, 1.82) is 0 Å². The number of carboxylic acids is 1. The van der Waals surface area contributed by atoms with Crippen LogP contribution >= 0.6 is 11.6 Å². The molecule has 0 heterocycles. The van der Waals surface area contributed by atoms with E-state index in [9.17, 15) is 9.59 Å². The van der Waals surface area contributed by atoms with Gasteiger partial charge in [-0.1, -0.05) is 11.6 Å². The van der Waals surface area contributed by atoms with Crippen LogP contribution < -0.4 is 11.1 Å². The molecule has 0 saturated carbocycles. The Balaban J connectivity index is 2.91. The topological polar surface area (TPSA) is 92.4 Å². The zero-order valence-electron chi connectivity index (χ0n) is 8.53. The molecule has 0 fully saturated rings. The van der Waals surface area contributed by atoms with Crippen LogP contribution in [-0.4, -0.2) is 23.0 Å². The zero-order chi connectivity index (χ0) is 12.3. The Hall–Kier alpha value is -1.59. The Morgan fingerprint density at radius 2 is 2.12 bits per heavy atom. The van der Waals surface area contributed by atoms with Crippen LogP contribution in [-0.2, 0) is 4.79 Å². The number of nitrogens with two attached hydrogens (primary N) is 1. The Kier molecular flexibility index (Phi) is 3.87. The summed E-state index contributed by atoms with van der Waals surface area (Å²) in [7, 11) is 0. The molecule has 0 aromatic heterocycles. The van der Waals surface area contributed by atoms with Crippen molar-refractivity contribution in [3.8, 4) is 0 Å². The van der Waals surface area contributed by atoms with E-state index in [-0.39, 0.29) is 16.5 Å². The highest BCUT2D eigenvalue weighted by Gasteiger charge is 2.11. The van der Waals surface area contributed by atoms with E-state index in [0.29, 0.717) is 5.69 Å². The molecule has 1 atom stereocenters. The molecule has 4 N–H and O–H groups in total. The van der Waals surface area contributed by atoms with Crippen molar-refractivity contribution in [2.75, 3.05) is 5.32 Å². The fraction of sp³-hybridized carbons (Fsp3) is 0.200. The smallest absolute Gasteiger partial charge is 0.335 e. The van der Waals surface area contributed by atoms with Gasteiger partial charge in [0.15, 0.2) is 0 Å². The summed E-state index contributed by atoms with van der Waals surface area (Å²) >= 11 is 5.80. The minimum absolute atomic E-state index is 0.0591. The first-order chi connectivity index (χ1) is 7.41. The molecule has 0 saturated heterocycles. The number of hydrogen-bond acceptors (Lipinski definition) is 3. The van der Waals surface area contributed by atoms with Crippen LogP contribution in [0.15, 0.2) is 18.2 Å². The second-order valence-corrected chi connectivity index (χ2v) is 3.68. The predicted octanol–water partition coefficient (Wildman–Crippen LogP) is 1.32. The number of carboxylic acid groups (broad SMARTS) is 1. The number of halogens is 1. The minimum atomic E-state index is -1.08. The van der Waals surface area contributed by atoms with Crippen molar-refractivity contribution in [3.05, 3.63) is 28.8 Å². The Morgan fingerprint density at radius 3 is 2.56 bits per heavy atom. The fourth-order valence-electron chi connectivity index (χ4n) is 0.996. The summed E-state index contributed by atoms with van der Waals surface area (Å²) < 4.78 is 0. The molecule has 0 spiro atoms. The molecule has 0 aliphatic rings. The van der Waals surface area contributed by atoms with Crippen molar-refractivity contribution in [2.45, 2.75) is 13.0 Å². The lowest BCUT2D eigenvalue weighted by molar-refractivity contribution is -0.117. The van der Waals surface area contributed by atoms with E-state index >= 15 is 0 Å². The monoisotopic (exact) mass is 242 g/mol. The normalized spacial score (nSPS) is 11.9. The second-order valence-electron chi connectivity index (χ2n) is 3.28. The molecule has 1 aromatic carbocycles. The summed E-state index contributed by atoms with van der Waals surface area (Å²) in [4.78, 5) is 21.9. The molecule has 16 heavy (non-hydrogen) atoms. The maximum absolute atomic E-state index is 11.3. The fourth-order valence-corrected chi connectivity index (χ4v) is 1.22. The van der Waals surface area contributed by atoms with Gasteiger partial charge in [-0.25, -0.2) is 4.79 Å². The van der Waals surface area contributed by atoms with Gasteiger partial charge in [0.1, 0.15) is 0 Å². The van der Waals surface area contributed by atoms with Crippen molar-refractivity contribution in [1.82, 2.24) is 0 Å². The quantitative estimate of drug-likeness (QED) is 0.745. The summed E-state index contributed by atoms with van der Waals surface area (Å²) in [6, 6.07) is 3.38. The van der Waals surface area contributed by atoms with Crippen LogP contribution in [0.25, 0.3) is 0 Å². The molecule has 86 valence electrons. The Labute approximate surface area is 97.2 Å². The van der Waals surface area contributed by atoms with Crippen molar-refractivity contribution < 1.29 is 14.7 Å². The second kappa shape index (κ2) is 4.96. The number of nitrogens with one attached hydrogen (secondary N) is 1. The number of carbonyl (C=O) groups is 2. The van der Waals surface area contributed by atoms with Crippen molar-refractivity contribution in [3.63, 3.8) is 0 Å². The van der Waals surface area contributed by atoms with Crippen LogP contribution in [0.3, 0.4) is 0 Å². The minimum Gasteiger partial charge on any atom is -0.478 e. The van der Waals surface area contributed by atoms with Crippen molar-refractivity contribution >= 4 is 29.2 Å². The van der Waals surface area contributed by atoms with E-state index in [1.807, 2.05) is 0 Å². The molecule has 1 aromatic rings. The zero-order valence-corrected chi connectivity index (χ0v) is 9.28. The van der Waals surface area contributed by atoms with Crippen LogP contribution in [0.1, 0.15) is 17.3 Å². The molecule has 0 aliphatic carbocycles. The summed E-state index contributed by atoms with van der Waals surface area (Å²) in [5.74, 6) is -1.46. The number of hydrogen-bond donors (Lipinski definition) is 3. The number of rotatable bonds is 3. The van der Waals surface area contributed by atoms with E-state index in [0.717, 1.165) is 0 Å². The highest BCUT2D eigenvalue weighted by atomic mass is 35.5. The lowest BCUT2D eigenvalue weighted by Crippen LogP contribution is -2.32. The van der Waals surface area contributed by atoms with Crippen LogP contribution in [0.4, 0.5) is 5.69 Å². The van der Waals surface area contributed by atoms with E-state index in [4.69, 9.17) is 22.4 Å². The van der Waals surface area contributed by atoms with E-state index in [1.54, 1.807) is 0 Å².